The normalized spacial score (nSPS) is 10.1. The van der Waals surface area contributed by atoms with E-state index in [1.54, 1.807) is 36.8 Å². The lowest BCUT2D eigenvalue weighted by Crippen LogP contribution is -2.12. The van der Waals surface area contributed by atoms with Crippen molar-refractivity contribution < 1.29 is 4.79 Å². The largest absolute Gasteiger partial charge is 0.364 e. The molecule has 0 saturated carbocycles. The minimum atomic E-state index is -0.214. The summed E-state index contributed by atoms with van der Waals surface area (Å²) in [5.74, 6) is 0.504. The minimum absolute atomic E-state index is 0.214. The van der Waals surface area contributed by atoms with E-state index in [2.05, 4.69) is 25.6 Å². The Kier molecular flexibility index (Phi) is 4.54. The van der Waals surface area contributed by atoms with Crippen LogP contribution in [0.4, 0.5) is 11.5 Å². The highest BCUT2D eigenvalue weighted by Gasteiger charge is 2.06. The van der Waals surface area contributed by atoms with Crippen LogP contribution in [0, 0.1) is 0 Å². The smallest absolute Gasteiger partial charge is 0.257 e. The molecule has 0 aliphatic carbocycles. The van der Waals surface area contributed by atoms with Gasteiger partial charge in [-0.15, -0.1) is 0 Å². The molecule has 0 radical (unpaired) electrons. The molecule has 1 amide bonds. The Hall–Kier alpha value is -3.28. The van der Waals surface area contributed by atoms with E-state index >= 15 is 0 Å². The van der Waals surface area contributed by atoms with Crippen LogP contribution >= 0.6 is 0 Å². The molecule has 0 spiro atoms. The predicted molar refractivity (Wildman–Crippen MR) is 88.0 cm³/mol. The van der Waals surface area contributed by atoms with Crippen LogP contribution in [0.25, 0.3) is 0 Å². The highest BCUT2D eigenvalue weighted by atomic mass is 16.1. The van der Waals surface area contributed by atoms with Gasteiger partial charge in [0.05, 0.1) is 29.7 Å². The average molecular weight is 305 g/mol. The number of pyridine rings is 3. The monoisotopic (exact) mass is 305 g/mol. The molecule has 0 aromatic carbocycles. The summed E-state index contributed by atoms with van der Waals surface area (Å²) in [5.41, 5.74) is 2.07. The van der Waals surface area contributed by atoms with Crippen LogP contribution in [0.1, 0.15) is 16.1 Å². The third kappa shape index (κ3) is 4.10. The van der Waals surface area contributed by atoms with Crippen LogP contribution in [-0.2, 0) is 6.54 Å². The molecule has 6 nitrogen and oxygen atoms in total. The van der Waals surface area contributed by atoms with E-state index in [9.17, 15) is 4.79 Å². The average Bonchev–Trinajstić information content (AvgIpc) is 2.63. The first-order valence-corrected chi connectivity index (χ1v) is 7.12. The quantitative estimate of drug-likeness (QED) is 0.757. The molecular formula is C17H15N5O. The highest BCUT2D eigenvalue weighted by molar-refractivity contribution is 6.03. The Balaban J connectivity index is 1.58. The molecule has 0 atom stereocenters. The van der Waals surface area contributed by atoms with Crippen molar-refractivity contribution in [1.82, 2.24) is 15.0 Å². The number of hydrogen-bond donors (Lipinski definition) is 2. The van der Waals surface area contributed by atoms with Crippen molar-refractivity contribution in [2.45, 2.75) is 6.54 Å². The standard InChI is InChI=1S/C17H15N5O/c23-17(13-4-3-8-18-10-13)22-15-6-7-16(21-12-15)20-11-14-5-1-2-9-19-14/h1-10,12H,11H2,(H,20,21)(H,22,23). The van der Waals surface area contributed by atoms with Gasteiger partial charge in [0.1, 0.15) is 5.82 Å². The van der Waals surface area contributed by atoms with Crippen LogP contribution in [-0.4, -0.2) is 20.9 Å². The zero-order chi connectivity index (χ0) is 15.9. The van der Waals surface area contributed by atoms with Gasteiger partial charge < -0.3 is 10.6 Å². The zero-order valence-electron chi connectivity index (χ0n) is 12.3. The van der Waals surface area contributed by atoms with Gasteiger partial charge in [-0.1, -0.05) is 6.07 Å². The molecule has 0 bridgehead atoms. The molecule has 0 aliphatic rings. The topological polar surface area (TPSA) is 79.8 Å². The summed E-state index contributed by atoms with van der Waals surface area (Å²) in [6, 6.07) is 12.8. The van der Waals surface area contributed by atoms with Crippen LogP contribution < -0.4 is 10.6 Å². The number of anilines is 2. The van der Waals surface area contributed by atoms with Gasteiger partial charge in [0, 0.05) is 18.6 Å². The van der Waals surface area contributed by atoms with Crippen molar-refractivity contribution >= 4 is 17.4 Å². The lowest BCUT2D eigenvalue weighted by molar-refractivity contribution is 0.102. The second-order valence-corrected chi connectivity index (χ2v) is 4.80. The maximum absolute atomic E-state index is 12.0. The molecule has 0 unspecified atom stereocenters. The SMILES string of the molecule is O=C(Nc1ccc(NCc2ccccn2)nc1)c1cccnc1. The fourth-order valence-corrected chi connectivity index (χ4v) is 1.96. The number of rotatable bonds is 5. The Morgan fingerprint density at radius 2 is 1.91 bits per heavy atom. The fraction of sp³-hybridized carbons (Fsp3) is 0.0588. The summed E-state index contributed by atoms with van der Waals surface area (Å²) in [4.78, 5) is 24.4. The summed E-state index contributed by atoms with van der Waals surface area (Å²) in [6.45, 7) is 0.592. The molecule has 3 aromatic rings. The molecule has 0 saturated heterocycles. The molecule has 2 N–H and O–H groups in total. The van der Waals surface area contributed by atoms with Crippen LogP contribution in [0.2, 0.25) is 0 Å². The number of amides is 1. The van der Waals surface area contributed by atoms with E-state index in [4.69, 9.17) is 0 Å². The van der Waals surface area contributed by atoms with E-state index in [-0.39, 0.29) is 5.91 Å². The second kappa shape index (κ2) is 7.13. The van der Waals surface area contributed by atoms with Crippen LogP contribution in [0.15, 0.2) is 67.3 Å². The number of nitrogens with zero attached hydrogens (tertiary/aromatic N) is 3. The third-order valence-corrected chi connectivity index (χ3v) is 3.12. The molecule has 3 heterocycles. The first-order chi connectivity index (χ1) is 11.3. The molecule has 3 aromatic heterocycles. The Morgan fingerprint density at radius 1 is 0.957 bits per heavy atom. The van der Waals surface area contributed by atoms with E-state index in [0.29, 0.717) is 17.8 Å². The van der Waals surface area contributed by atoms with Crippen LogP contribution in [0.3, 0.4) is 0 Å². The van der Waals surface area contributed by atoms with Gasteiger partial charge >= 0.3 is 0 Å². The van der Waals surface area contributed by atoms with Crippen LogP contribution in [0.5, 0.6) is 0 Å². The summed E-state index contributed by atoms with van der Waals surface area (Å²) < 4.78 is 0. The van der Waals surface area contributed by atoms with E-state index in [1.807, 2.05) is 24.3 Å². The highest BCUT2D eigenvalue weighted by Crippen LogP contribution is 2.12. The first kappa shape index (κ1) is 14.6. The number of carbonyl (C=O) groups excluding carboxylic acids is 1. The molecule has 23 heavy (non-hydrogen) atoms. The number of carbonyl (C=O) groups is 1. The van der Waals surface area contributed by atoms with Gasteiger partial charge in [0.15, 0.2) is 0 Å². The molecule has 114 valence electrons. The minimum Gasteiger partial charge on any atom is -0.364 e. The summed E-state index contributed by atoms with van der Waals surface area (Å²) in [7, 11) is 0. The lowest BCUT2D eigenvalue weighted by atomic mass is 10.2. The first-order valence-electron chi connectivity index (χ1n) is 7.12. The molecule has 3 rings (SSSR count). The summed E-state index contributed by atoms with van der Waals surface area (Å²) in [6.07, 6.45) is 6.50. The van der Waals surface area contributed by atoms with Crippen molar-refractivity contribution in [3.63, 3.8) is 0 Å². The van der Waals surface area contributed by atoms with E-state index in [1.165, 1.54) is 6.20 Å². The van der Waals surface area contributed by atoms with Gasteiger partial charge in [-0.25, -0.2) is 4.98 Å². The molecule has 0 fully saturated rings. The van der Waals surface area contributed by atoms with Gasteiger partial charge in [-0.05, 0) is 36.4 Å². The second-order valence-electron chi connectivity index (χ2n) is 4.80. The predicted octanol–water partition coefficient (Wildman–Crippen LogP) is 2.74. The van der Waals surface area contributed by atoms with E-state index in [0.717, 1.165) is 11.5 Å². The number of nitrogens with one attached hydrogen (secondary N) is 2. The molecule has 6 heteroatoms. The Bertz CT molecular complexity index is 760. The number of hydrogen-bond acceptors (Lipinski definition) is 5. The van der Waals surface area contributed by atoms with Crippen molar-refractivity contribution in [1.29, 1.82) is 0 Å². The third-order valence-electron chi connectivity index (χ3n) is 3.12. The van der Waals surface area contributed by atoms with E-state index < -0.39 is 0 Å². The van der Waals surface area contributed by atoms with Crippen molar-refractivity contribution in [3.05, 3.63) is 78.5 Å². The van der Waals surface area contributed by atoms with Crippen molar-refractivity contribution in [2.75, 3.05) is 10.6 Å². The molecular weight excluding hydrogens is 290 g/mol. The maximum Gasteiger partial charge on any atom is 0.257 e. The van der Waals surface area contributed by atoms with Gasteiger partial charge in [0.25, 0.3) is 5.91 Å². The van der Waals surface area contributed by atoms with Crippen molar-refractivity contribution in [3.8, 4) is 0 Å². The zero-order valence-corrected chi connectivity index (χ0v) is 12.3. The fourth-order valence-electron chi connectivity index (χ4n) is 1.96. The summed E-state index contributed by atoms with van der Waals surface area (Å²) in [5, 5.41) is 5.95. The Labute approximate surface area is 133 Å². The van der Waals surface area contributed by atoms with Gasteiger partial charge in [0.2, 0.25) is 0 Å². The van der Waals surface area contributed by atoms with Gasteiger partial charge in [-0.3, -0.25) is 14.8 Å². The maximum atomic E-state index is 12.0. The number of aromatic nitrogens is 3. The van der Waals surface area contributed by atoms with Crippen molar-refractivity contribution in [2.24, 2.45) is 0 Å². The summed E-state index contributed by atoms with van der Waals surface area (Å²) >= 11 is 0. The molecule has 0 aliphatic heterocycles. The van der Waals surface area contributed by atoms with Gasteiger partial charge in [-0.2, -0.15) is 0 Å². The lowest BCUT2D eigenvalue weighted by Gasteiger charge is -2.07. The Morgan fingerprint density at radius 3 is 2.61 bits per heavy atom.